The van der Waals surface area contributed by atoms with E-state index in [1.54, 1.807) is 0 Å². The van der Waals surface area contributed by atoms with Gasteiger partial charge in [0.05, 0.1) is 22.2 Å². The van der Waals surface area contributed by atoms with E-state index in [4.69, 9.17) is 16.3 Å². The fourth-order valence-corrected chi connectivity index (χ4v) is 5.55. The van der Waals surface area contributed by atoms with Crippen LogP contribution in [0.2, 0.25) is 5.02 Å². The highest BCUT2D eigenvalue weighted by molar-refractivity contribution is 7.97. The van der Waals surface area contributed by atoms with Gasteiger partial charge in [-0.3, -0.25) is 14.3 Å². The maximum atomic E-state index is 13.7. The van der Waals surface area contributed by atoms with Crippen LogP contribution in [-0.2, 0) is 14.8 Å². The smallest absolute Gasteiger partial charge is 0.427 e. The van der Waals surface area contributed by atoms with Crippen LogP contribution in [0.4, 0.5) is 46.9 Å². The van der Waals surface area contributed by atoms with Gasteiger partial charge in [0.1, 0.15) is 23.4 Å². The molecule has 1 amide bonds. The Labute approximate surface area is 233 Å². The second kappa shape index (κ2) is 11.7. The van der Waals surface area contributed by atoms with Crippen molar-refractivity contribution in [3.8, 4) is 5.75 Å². The average molecular weight is 640 g/mol. The highest BCUT2D eigenvalue weighted by atomic mass is 35.5. The monoisotopic (exact) mass is 639 g/mol. The zero-order chi connectivity index (χ0) is 30.1. The fraction of sp³-hybridized carbons (Fsp3) is 0.409. The molecule has 222 valence electrons. The number of carbonyl (C=O) groups excluding carboxylic acids is 1. The molecule has 2 N–H and O–H groups in total. The van der Waals surface area contributed by atoms with E-state index in [0.717, 1.165) is 28.6 Å². The molecule has 0 aliphatic carbocycles. The molecule has 0 fully saturated rings. The zero-order valence-electron chi connectivity index (χ0n) is 20.5. The van der Waals surface area contributed by atoms with Crippen LogP contribution in [-0.4, -0.2) is 57.4 Å². The minimum Gasteiger partial charge on any atom is -0.485 e. The molecule has 0 bridgehead atoms. The van der Waals surface area contributed by atoms with Crippen molar-refractivity contribution in [3.05, 3.63) is 47.2 Å². The summed E-state index contributed by atoms with van der Waals surface area (Å²) >= 11 is 6.08. The van der Waals surface area contributed by atoms with Crippen molar-refractivity contribution in [3.63, 3.8) is 0 Å². The summed E-state index contributed by atoms with van der Waals surface area (Å²) in [5.74, 6) is -2.19. The lowest BCUT2D eigenvalue weighted by molar-refractivity contribution is -0.242. The number of halogens is 8. The molecule has 2 aromatic carbocycles. The van der Waals surface area contributed by atoms with Crippen LogP contribution >= 0.6 is 23.5 Å². The summed E-state index contributed by atoms with van der Waals surface area (Å²) in [7, 11) is -4.50. The van der Waals surface area contributed by atoms with Crippen LogP contribution in [0.3, 0.4) is 0 Å². The lowest BCUT2D eigenvalue weighted by atomic mass is 10.1. The van der Waals surface area contributed by atoms with Crippen molar-refractivity contribution in [1.29, 1.82) is 0 Å². The van der Waals surface area contributed by atoms with Crippen molar-refractivity contribution >= 4 is 51.0 Å². The summed E-state index contributed by atoms with van der Waals surface area (Å²) in [6.45, 7) is 0.599. The van der Waals surface area contributed by atoms with E-state index < -0.39 is 68.2 Å². The highest BCUT2D eigenvalue weighted by Crippen LogP contribution is 2.40. The van der Waals surface area contributed by atoms with E-state index in [2.05, 4.69) is 14.8 Å². The van der Waals surface area contributed by atoms with E-state index in [-0.39, 0.29) is 23.7 Å². The standard InChI is InChI=1S/C22H21ClF7N3O5S2/c1-20(2,22(28,29)30)38-19(34)32-12-3-6-18-17(7-12)33(10-13(37-18)9-31-39-11-21(25,26)27)40(35,36)14-4-5-16(24)15(23)8-14/h3-8,13,31H,9-11H2,1-2H3,(H,32,34)/t13-/m0/s1. The number of ether oxygens (including phenoxy) is 2. The van der Waals surface area contributed by atoms with Gasteiger partial charge in [-0.15, -0.1) is 0 Å². The summed E-state index contributed by atoms with van der Waals surface area (Å²) in [5.41, 5.74) is -3.18. The minimum absolute atomic E-state index is 0.0785. The van der Waals surface area contributed by atoms with Gasteiger partial charge in [-0.05, 0) is 50.2 Å². The number of sulfonamides is 1. The van der Waals surface area contributed by atoms with Crippen molar-refractivity contribution < 1.29 is 53.4 Å². The van der Waals surface area contributed by atoms with Crippen LogP contribution in [0.1, 0.15) is 13.8 Å². The SMILES string of the molecule is CC(C)(OC(=O)Nc1ccc2c(c1)N(S(=O)(=O)c1ccc(F)c(Cl)c1)C[C@H](CNSCC(F)(F)F)O2)C(F)(F)F. The molecule has 3 rings (SSSR count). The van der Waals surface area contributed by atoms with Gasteiger partial charge in [0.2, 0.25) is 5.60 Å². The number of alkyl halides is 6. The van der Waals surface area contributed by atoms with E-state index in [0.29, 0.717) is 25.8 Å². The van der Waals surface area contributed by atoms with Gasteiger partial charge in [-0.1, -0.05) is 23.5 Å². The Kier molecular flexibility index (Phi) is 9.33. The van der Waals surface area contributed by atoms with Gasteiger partial charge in [-0.2, -0.15) is 26.3 Å². The third-order valence-electron chi connectivity index (χ3n) is 5.30. The Bertz CT molecular complexity index is 1360. The molecule has 1 aliphatic rings. The molecule has 40 heavy (non-hydrogen) atoms. The van der Waals surface area contributed by atoms with Crippen molar-refractivity contribution in [2.45, 2.75) is 42.8 Å². The topological polar surface area (TPSA) is 97.0 Å². The quantitative estimate of drug-likeness (QED) is 0.204. The van der Waals surface area contributed by atoms with Crippen molar-refractivity contribution in [1.82, 2.24) is 4.72 Å². The maximum absolute atomic E-state index is 13.7. The molecule has 0 unspecified atom stereocenters. The van der Waals surface area contributed by atoms with Crippen LogP contribution in [0, 0.1) is 5.82 Å². The Hall–Kier alpha value is -2.63. The Morgan fingerprint density at radius 3 is 2.42 bits per heavy atom. The van der Waals surface area contributed by atoms with Crippen LogP contribution in [0.15, 0.2) is 41.3 Å². The van der Waals surface area contributed by atoms with Gasteiger partial charge >= 0.3 is 18.4 Å². The van der Waals surface area contributed by atoms with Crippen LogP contribution < -0.4 is 19.1 Å². The normalized spacial score (nSPS) is 16.2. The van der Waals surface area contributed by atoms with Gasteiger partial charge < -0.3 is 9.47 Å². The molecule has 8 nitrogen and oxygen atoms in total. The molecule has 0 aromatic heterocycles. The molecule has 18 heteroatoms. The number of nitrogens with zero attached hydrogens (tertiary/aromatic N) is 1. The lowest BCUT2D eigenvalue weighted by Crippen LogP contribution is -2.47. The molecular formula is C22H21ClF7N3O5S2. The highest BCUT2D eigenvalue weighted by Gasteiger charge is 2.51. The number of benzene rings is 2. The lowest BCUT2D eigenvalue weighted by Gasteiger charge is -2.36. The molecule has 1 aliphatic heterocycles. The molecule has 1 heterocycles. The first-order valence-corrected chi connectivity index (χ1v) is 13.9. The Morgan fingerprint density at radius 1 is 1.15 bits per heavy atom. The number of anilines is 2. The van der Waals surface area contributed by atoms with E-state index in [1.165, 1.54) is 12.1 Å². The van der Waals surface area contributed by atoms with E-state index in [9.17, 15) is 43.9 Å². The van der Waals surface area contributed by atoms with Gasteiger partial charge in [0, 0.05) is 12.2 Å². The predicted octanol–water partition coefficient (Wildman–Crippen LogP) is 6.12. The van der Waals surface area contributed by atoms with Gasteiger partial charge in [0.15, 0.2) is 0 Å². The number of hydrogen-bond acceptors (Lipinski definition) is 7. The number of amides is 1. The van der Waals surface area contributed by atoms with Crippen molar-refractivity contribution in [2.24, 2.45) is 0 Å². The van der Waals surface area contributed by atoms with Crippen LogP contribution in [0.25, 0.3) is 0 Å². The Morgan fingerprint density at radius 2 is 1.82 bits per heavy atom. The fourth-order valence-electron chi connectivity index (χ4n) is 3.21. The second-order valence-electron chi connectivity index (χ2n) is 8.81. The molecule has 1 atom stereocenters. The minimum atomic E-state index is -4.88. The van der Waals surface area contributed by atoms with Crippen LogP contribution in [0.5, 0.6) is 5.75 Å². The number of rotatable bonds is 8. The number of nitrogens with one attached hydrogen (secondary N) is 2. The molecule has 0 radical (unpaired) electrons. The largest absolute Gasteiger partial charge is 0.485 e. The summed E-state index contributed by atoms with van der Waals surface area (Å²) in [4.78, 5) is 11.7. The molecule has 0 spiro atoms. The maximum Gasteiger partial charge on any atom is 0.427 e. The third kappa shape index (κ3) is 7.76. The first-order valence-electron chi connectivity index (χ1n) is 11.1. The van der Waals surface area contributed by atoms with Gasteiger partial charge in [-0.25, -0.2) is 17.6 Å². The van der Waals surface area contributed by atoms with Crippen molar-refractivity contribution in [2.75, 3.05) is 28.5 Å². The number of fused-ring (bicyclic) bond motifs is 1. The van der Waals surface area contributed by atoms with Gasteiger partial charge in [0.25, 0.3) is 10.0 Å². The summed E-state index contributed by atoms with van der Waals surface area (Å²) in [5, 5.41) is 1.59. The second-order valence-corrected chi connectivity index (χ2v) is 11.9. The molecular weight excluding hydrogens is 619 g/mol. The molecule has 0 saturated heterocycles. The first-order chi connectivity index (χ1) is 18.3. The third-order valence-corrected chi connectivity index (χ3v) is 8.20. The number of hydrogen-bond donors (Lipinski definition) is 2. The summed E-state index contributed by atoms with van der Waals surface area (Å²) in [6.07, 6.45) is -11.8. The summed E-state index contributed by atoms with van der Waals surface area (Å²) in [6, 6.07) is 6.09. The average Bonchev–Trinajstić information content (AvgIpc) is 2.81. The zero-order valence-corrected chi connectivity index (χ0v) is 22.9. The van der Waals surface area contributed by atoms with E-state index >= 15 is 0 Å². The molecule has 2 aromatic rings. The van der Waals surface area contributed by atoms with E-state index in [1.807, 2.05) is 0 Å². The summed E-state index contributed by atoms with van der Waals surface area (Å²) < 4.78 is 131. The Balaban J connectivity index is 1.92. The predicted molar refractivity (Wildman–Crippen MR) is 134 cm³/mol. The number of carbonyl (C=O) groups is 1. The molecule has 0 saturated carbocycles. The first kappa shape index (κ1) is 31.9.